The van der Waals surface area contributed by atoms with Crippen molar-refractivity contribution in [2.45, 2.75) is 25.8 Å². The molecule has 5 aromatic rings. The quantitative estimate of drug-likeness (QED) is 0.426. The molecule has 6 rings (SSSR count). The fraction of sp³-hybridized carbons (Fsp3) is 0.214. The molecule has 8 nitrogen and oxygen atoms in total. The van der Waals surface area contributed by atoms with Crippen LogP contribution < -0.4 is 11.2 Å². The van der Waals surface area contributed by atoms with Gasteiger partial charge in [0.1, 0.15) is 5.82 Å². The van der Waals surface area contributed by atoms with E-state index in [-0.39, 0.29) is 23.2 Å². The first-order valence-electron chi connectivity index (χ1n) is 12.1. The Morgan fingerprint density at radius 2 is 1.61 bits per heavy atom. The number of para-hydroxylation sites is 3. The first-order chi connectivity index (χ1) is 17.5. The predicted octanol–water partition coefficient (Wildman–Crippen LogP) is 3.81. The van der Waals surface area contributed by atoms with Gasteiger partial charge in [-0.1, -0.05) is 24.3 Å². The number of nitrogens with one attached hydrogen (secondary N) is 1. The average Bonchev–Trinajstić information content (AvgIpc) is 3.24. The number of likely N-dealkylation sites (tertiary alicyclic amines) is 1. The van der Waals surface area contributed by atoms with E-state index in [2.05, 4.69) is 9.97 Å². The van der Waals surface area contributed by atoms with Crippen molar-refractivity contribution in [1.29, 1.82) is 0 Å². The number of carbonyl (C=O) groups excluding carboxylic acids is 1. The fourth-order valence-electron chi connectivity index (χ4n) is 5.25. The molecular formula is C28H25N5O3. The lowest BCUT2D eigenvalue weighted by atomic mass is 10.0. The van der Waals surface area contributed by atoms with E-state index in [9.17, 15) is 14.4 Å². The number of carbonyl (C=O) groups is 1. The van der Waals surface area contributed by atoms with Crippen molar-refractivity contribution in [3.63, 3.8) is 0 Å². The van der Waals surface area contributed by atoms with Crippen LogP contribution >= 0.6 is 0 Å². The number of hydrogen-bond acceptors (Lipinski definition) is 4. The molecule has 1 aliphatic heterocycles. The summed E-state index contributed by atoms with van der Waals surface area (Å²) in [5.41, 5.74) is 3.40. The van der Waals surface area contributed by atoms with Crippen molar-refractivity contribution in [3.05, 3.63) is 105 Å². The highest BCUT2D eigenvalue weighted by Gasteiger charge is 2.26. The number of nitrogens with zero attached hydrogens (tertiary/aromatic N) is 4. The largest absolute Gasteiger partial charge is 0.338 e. The van der Waals surface area contributed by atoms with Crippen molar-refractivity contribution >= 4 is 27.8 Å². The molecule has 3 heterocycles. The monoisotopic (exact) mass is 479 g/mol. The number of amides is 1. The lowest BCUT2D eigenvalue weighted by molar-refractivity contribution is 0.0695. The maximum atomic E-state index is 13.2. The van der Waals surface area contributed by atoms with Crippen LogP contribution in [0.1, 0.15) is 35.1 Å². The zero-order valence-corrected chi connectivity index (χ0v) is 19.8. The molecule has 36 heavy (non-hydrogen) atoms. The van der Waals surface area contributed by atoms with Gasteiger partial charge >= 0.3 is 5.69 Å². The number of imidazole rings is 1. The number of aromatic nitrogens is 4. The van der Waals surface area contributed by atoms with Gasteiger partial charge in [-0.25, -0.2) is 9.78 Å². The molecule has 1 N–H and O–H groups in total. The highest BCUT2D eigenvalue weighted by atomic mass is 16.2. The number of benzene rings is 3. The Labute approximate surface area is 206 Å². The normalized spacial score (nSPS) is 14.5. The summed E-state index contributed by atoms with van der Waals surface area (Å²) in [4.78, 5) is 48.1. The molecule has 1 fully saturated rings. The number of hydrogen-bond donors (Lipinski definition) is 1. The minimum atomic E-state index is -0.133. The number of aryl methyl sites for hydroxylation is 1. The maximum absolute atomic E-state index is 13.2. The van der Waals surface area contributed by atoms with Crippen molar-refractivity contribution in [1.82, 2.24) is 24.0 Å². The average molecular weight is 480 g/mol. The highest BCUT2D eigenvalue weighted by molar-refractivity contribution is 5.94. The lowest BCUT2D eigenvalue weighted by Crippen LogP contribution is -2.40. The second-order valence-electron chi connectivity index (χ2n) is 9.20. The van der Waals surface area contributed by atoms with E-state index in [4.69, 9.17) is 0 Å². The Kier molecular flexibility index (Phi) is 5.29. The number of H-pyrrole nitrogens is 1. The summed E-state index contributed by atoms with van der Waals surface area (Å²) in [6.07, 6.45) is 1.42. The zero-order valence-electron chi connectivity index (χ0n) is 19.8. The third kappa shape index (κ3) is 3.62. The van der Waals surface area contributed by atoms with Gasteiger partial charge in [-0.15, -0.1) is 0 Å². The van der Waals surface area contributed by atoms with Crippen molar-refractivity contribution in [2.75, 3.05) is 13.1 Å². The Bertz CT molecular complexity index is 1720. The van der Waals surface area contributed by atoms with E-state index in [1.54, 1.807) is 41.8 Å². The van der Waals surface area contributed by atoms with Gasteiger partial charge < -0.3 is 9.88 Å². The van der Waals surface area contributed by atoms with E-state index in [1.165, 1.54) is 0 Å². The van der Waals surface area contributed by atoms with Crippen molar-refractivity contribution in [2.24, 2.45) is 0 Å². The number of aromatic amines is 1. The molecule has 0 radical (unpaired) electrons. The van der Waals surface area contributed by atoms with E-state index >= 15 is 0 Å². The predicted molar refractivity (Wildman–Crippen MR) is 139 cm³/mol. The first-order valence-corrected chi connectivity index (χ1v) is 12.1. The summed E-state index contributed by atoms with van der Waals surface area (Å²) in [5, 5.41) is 0.556. The molecule has 1 saturated heterocycles. The number of fused-ring (bicyclic) bond motifs is 2. The topological polar surface area (TPSA) is 93.0 Å². The summed E-state index contributed by atoms with van der Waals surface area (Å²) in [7, 11) is 0. The second kappa shape index (κ2) is 8.64. The molecule has 1 amide bonds. The minimum Gasteiger partial charge on any atom is -0.338 e. The van der Waals surface area contributed by atoms with Crippen LogP contribution in [0.5, 0.6) is 0 Å². The Morgan fingerprint density at radius 1 is 0.917 bits per heavy atom. The molecule has 0 atom stereocenters. The summed E-state index contributed by atoms with van der Waals surface area (Å²) < 4.78 is 3.39. The van der Waals surface area contributed by atoms with Gasteiger partial charge in [0.2, 0.25) is 0 Å². The Morgan fingerprint density at radius 3 is 2.39 bits per heavy atom. The van der Waals surface area contributed by atoms with Crippen LogP contribution in [0.3, 0.4) is 0 Å². The number of rotatable bonds is 3. The van der Waals surface area contributed by atoms with Gasteiger partial charge in [-0.2, -0.15) is 0 Å². The van der Waals surface area contributed by atoms with Crippen molar-refractivity contribution < 1.29 is 4.79 Å². The molecule has 0 unspecified atom stereocenters. The first kappa shape index (κ1) is 22.0. The molecular weight excluding hydrogens is 454 g/mol. The Hall–Kier alpha value is -4.46. The van der Waals surface area contributed by atoms with E-state index in [0.29, 0.717) is 53.9 Å². The third-order valence-corrected chi connectivity index (χ3v) is 7.06. The molecule has 1 aliphatic rings. The van der Waals surface area contributed by atoms with Crippen LogP contribution in [0.15, 0.2) is 82.4 Å². The molecule has 0 bridgehead atoms. The lowest BCUT2D eigenvalue weighted by Gasteiger charge is -2.32. The van der Waals surface area contributed by atoms with Gasteiger partial charge in [0, 0.05) is 24.7 Å². The summed E-state index contributed by atoms with van der Waals surface area (Å²) in [6.45, 7) is 2.95. The summed E-state index contributed by atoms with van der Waals surface area (Å²) in [5.74, 6) is 0.541. The molecule has 180 valence electrons. The highest BCUT2D eigenvalue weighted by Crippen LogP contribution is 2.26. The smallest absolute Gasteiger partial charge is 0.326 e. The van der Waals surface area contributed by atoms with E-state index in [0.717, 1.165) is 11.0 Å². The van der Waals surface area contributed by atoms with Gasteiger partial charge in [0.15, 0.2) is 0 Å². The Balaban J connectivity index is 1.20. The van der Waals surface area contributed by atoms with Crippen LogP contribution in [0.25, 0.3) is 27.6 Å². The van der Waals surface area contributed by atoms with Crippen molar-refractivity contribution in [3.8, 4) is 5.69 Å². The third-order valence-electron chi connectivity index (χ3n) is 7.06. The van der Waals surface area contributed by atoms with Gasteiger partial charge in [-0.05, 0) is 68.3 Å². The maximum Gasteiger partial charge on any atom is 0.326 e. The molecule has 2 aromatic heterocycles. The minimum absolute atomic E-state index is 0.0491. The van der Waals surface area contributed by atoms with Gasteiger partial charge in [-0.3, -0.25) is 18.7 Å². The van der Waals surface area contributed by atoms with Crippen LogP contribution in [0.4, 0.5) is 0 Å². The van der Waals surface area contributed by atoms with E-state index < -0.39 is 0 Å². The zero-order chi connectivity index (χ0) is 24.8. The standard InChI is InChI=1S/C28H25N5O3/c1-18-29-23-7-3-2-6-22(23)27(35)32(18)20-12-10-19(11-13-20)26(34)31-16-14-21(15-17-31)33-25-9-5-4-8-24(25)30-28(33)36/h2-13,21H,14-17H2,1H3,(H,30,36). The molecule has 3 aromatic carbocycles. The molecule has 0 spiro atoms. The SMILES string of the molecule is Cc1nc2ccccc2c(=O)n1-c1ccc(C(=O)N2CCC(n3c(=O)[nH]c4ccccc43)CC2)cc1. The summed E-state index contributed by atoms with van der Waals surface area (Å²) >= 11 is 0. The van der Waals surface area contributed by atoms with Crippen LogP contribution in [0.2, 0.25) is 0 Å². The van der Waals surface area contributed by atoms with Crippen LogP contribution in [-0.2, 0) is 0 Å². The number of piperidine rings is 1. The van der Waals surface area contributed by atoms with Gasteiger partial charge in [0.05, 0.1) is 27.6 Å². The molecule has 8 heteroatoms. The van der Waals surface area contributed by atoms with E-state index in [1.807, 2.05) is 51.9 Å². The summed E-state index contributed by atoms with van der Waals surface area (Å²) in [6, 6.07) is 22.1. The molecule has 0 saturated carbocycles. The fourth-order valence-corrected chi connectivity index (χ4v) is 5.25. The van der Waals surface area contributed by atoms with Crippen LogP contribution in [-0.4, -0.2) is 43.0 Å². The second-order valence-corrected chi connectivity index (χ2v) is 9.20. The van der Waals surface area contributed by atoms with Gasteiger partial charge in [0.25, 0.3) is 11.5 Å². The molecule has 0 aliphatic carbocycles. The van der Waals surface area contributed by atoms with Crippen LogP contribution in [0, 0.1) is 6.92 Å².